The van der Waals surface area contributed by atoms with E-state index in [0.717, 1.165) is 25.2 Å². The summed E-state index contributed by atoms with van der Waals surface area (Å²) >= 11 is 0. The molecule has 0 aromatic heterocycles. The maximum atomic E-state index is 10.4. The Labute approximate surface area is 80.5 Å². The number of aliphatic hydroxyl groups is 1. The van der Waals surface area contributed by atoms with Crippen molar-refractivity contribution in [3.05, 3.63) is 0 Å². The predicted octanol–water partition coefficient (Wildman–Crippen LogP) is 1.67. The molecular formula is C11H21NO. The quantitative estimate of drug-likeness (QED) is 0.696. The van der Waals surface area contributed by atoms with Gasteiger partial charge in [0.05, 0.1) is 5.60 Å². The van der Waals surface area contributed by atoms with Crippen molar-refractivity contribution >= 4 is 0 Å². The lowest BCUT2D eigenvalue weighted by Crippen LogP contribution is -2.55. The second-order valence-corrected chi connectivity index (χ2v) is 5.26. The molecule has 1 atom stereocenters. The van der Waals surface area contributed by atoms with Crippen LogP contribution in [-0.2, 0) is 0 Å². The minimum Gasteiger partial charge on any atom is -0.390 e. The highest BCUT2D eigenvalue weighted by molar-refractivity contribution is 5.03. The van der Waals surface area contributed by atoms with Crippen molar-refractivity contribution in [1.82, 2.24) is 0 Å². The van der Waals surface area contributed by atoms with E-state index in [9.17, 15) is 5.11 Å². The topological polar surface area (TPSA) is 46.2 Å². The lowest BCUT2D eigenvalue weighted by molar-refractivity contribution is -0.117. The van der Waals surface area contributed by atoms with Gasteiger partial charge in [0.25, 0.3) is 0 Å². The van der Waals surface area contributed by atoms with Gasteiger partial charge < -0.3 is 10.8 Å². The Balaban J connectivity index is 2.01. The van der Waals surface area contributed by atoms with Crippen LogP contribution < -0.4 is 5.73 Å². The van der Waals surface area contributed by atoms with Gasteiger partial charge in [0, 0.05) is 12.0 Å². The summed E-state index contributed by atoms with van der Waals surface area (Å²) < 4.78 is 0. The first-order valence-electron chi connectivity index (χ1n) is 5.52. The van der Waals surface area contributed by atoms with E-state index in [1.807, 2.05) is 6.92 Å². The van der Waals surface area contributed by atoms with Crippen LogP contribution in [0, 0.1) is 11.3 Å². The Kier molecular flexibility index (Phi) is 2.16. The summed E-state index contributed by atoms with van der Waals surface area (Å²) in [6.45, 7) is 2.66. The third-order valence-electron chi connectivity index (χ3n) is 4.23. The Hall–Kier alpha value is -0.0800. The van der Waals surface area contributed by atoms with E-state index in [1.54, 1.807) is 0 Å². The first-order chi connectivity index (χ1) is 6.10. The van der Waals surface area contributed by atoms with Gasteiger partial charge in [0.1, 0.15) is 0 Å². The Bertz CT molecular complexity index is 187. The Morgan fingerprint density at radius 3 is 2.38 bits per heavy atom. The highest BCUT2D eigenvalue weighted by Crippen LogP contribution is 2.53. The fraction of sp³-hybridized carbons (Fsp3) is 1.00. The van der Waals surface area contributed by atoms with Gasteiger partial charge in [-0.1, -0.05) is 19.3 Å². The summed E-state index contributed by atoms with van der Waals surface area (Å²) in [5, 5.41) is 10.4. The molecule has 13 heavy (non-hydrogen) atoms. The normalized spacial score (nSPS) is 30.7. The van der Waals surface area contributed by atoms with Crippen LogP contribution in [0.4, 0.5) is 0 Å². The molecule has 3 N–H and O–H groups in total. The summed E-state index contributed by atoms with van der Waals surface area (Å²) in [4.78, 5) is 0. The second kappa shape index (κ2) is 2.96. The molecule has 2 rings (SSSR count). The molecule has 2 fully saturated rings. The van der Waals surface area contributed by atoms with Crippen molar-refractivity contribution in [3.8, 4) is 0 Å². The van der Waals surface area contributed by atoms with E-state index < -0.39 is 5.60 Å². The lowest BCUT2D eigenvalue weighted by atomic mass is 9.58. The molecule has 2 aliphatic carbocycles. The summed E-state index contributed by atoms with van der Waals surface area (Å²) in [5.74, 6) is 0.791. The van der Waals surface area contributed by atoms with Crippen LogP contribution in [0.2, 0.25) is 0 Å². The van der Waals surface area contributed by atoms with Gasteiger partial charge >= 0.3 is 0 Å². The van der Waals surface area contributed by atoms with Crippen molar-refractivity contribution in [2.45, 2.75) is 51.0 Å². The molecule has 0 spiro atoms. The van der Waals surface area contributed by atoms with Gasteiger partial charge in [0.2, 0.25) is 0 Å². The van der Waals surface area contributed by atoms with E-state index in [2.05, 4.69) is 0 Å². The number of hydrogen-bond donors (Lipinski definition) is 2. The molecule has 0 aromatic carbocycles. The SMILES string of the molecule is CC(O)(CC1CC1)C1(CN)CCC1. The van der Waals surface area contributed by atoms with Crippen molar-refractivity contribution in [2.24, 2.45) is 17.1 Å². The van der Waals surface area contributed by atoms with E-state index in [1.165, 1.54) is 19.3 Å². The number of rotatable bonds is 4. The molecule has 1 unspecified atom stereocenters. The first-order valence-corrected chi connectivity index (χ1v) is 5.52. The van der Waals surface area contributed by atoms with Crippen molar-refractivity contribution in [2.75, 3.05) is 6.54 Å². The predicted molar refractivity (Wildman–Crippen MR) is 53.3 cm³/mol. The molecular weight excluding hydrogens is 162 g/mol. The zero-order chi connectivity index (χ0) is 9.53. The standard InChI is InChI=1S/C11H21NO/c1-10(13,7-9-3-4-9)11(8-12)5-2-6-11/h9,13H,2-8,12H2,1H3. The fourth-order valence-corrected chi connectivity index (χ4v) is 2.67. The highest BCUT2D eigenvalue weighted by Gasteiger charge is 2.51. The lowest BCUT2D eigenvalue weighted by Gasteiger charge is -2.51. The minimum atomic E-state index is -0.499. The van der Waals surface area contributed by atoms with Crippen LogP contribution in [0.25, 0.3) is 0 Å². The van der Waals surface area contributed by atoms with Gasteiger partial charge in [-0.05, 0) is 32.1 Å². The molecule has 0 bridgehead atoms. The van der Waals surface area contributed by atoms with Crippen molar-refractivity contribution in [3.63, 3.8) is 0 Å². The van der Waals surface area contributed by atoms with Gasteiger partial charge in [0.15, 0.2) is 0 Å². The summed E-state index contributed by atoms with van der Waals surface area (Å²) in [6.07, 6.45) is 7.11. The third-order valence-corrected chi connectivity index (χ3v) is 4.23. The molecule has 0 heterocycles. The molecule has 2 heteroatoms. The summed E-state index contributed by atoms with van der Waals surface area (Å²) in [7, 11) is 0. The maximum absolute atomic E-state index is 10.4. The van der Waals surface area contributed by atoms with Gasteiger partial charge in [-0.2, -0.15) is 0 Å². The van der Waals surface area contributed by atoms with Crippen LogP contribution in [0.3, 0.4) is 0 Å². The molecule has 0 amide bonds. The van der Waals surface area contributed by atoms with Crippen LogP contribution >= 0.6 is 0 Å². The fourth-order valence-electron chi connectivity index (χ4n) is 2.67. The molecule has 0 saturated heterocycles. The maximum Gasteiger partial charge on any atom is 0.0690 e. The molecule has 2 saturated carbocycles. The van der Waals surface area contributed by atoms with Gasteiger partial charge in [-0.25, -0.2) is 0 Å². The summed E-state index contributed by atoms with van der Waals surface area (Å²) in [6, 6.07) is 0. The average molecular weight is 183 g/mol. The first kappa shape index (κ1) is 9.47. The van der Waals surface area contributed by atoms with Crippen LogP contribution in [0.1, 0.15) is 45.4 Å². The molecule has 0 aromatic rings. The largest absolute Gasteiger partial charge is 0.390 e. The molecule has 0 radical (unpaired) electrons. The van der Waals surface area contributed by atoms with Gasteiger partial charge in [-0.15, -0.1) is 0 Å². The van der Waals surface area contributed by atoms with Gasteiger partial charge in [-0.3, -0.25) is 0 Å². The van der Waals surface area contributed by atoms with E-state index in [-0.39, 0.29) is 5.41 Å². The van der Waals surface area contributed by atoms with E-state index in [4.69, 9.17) is 5.73 Å². The Morgan fingerprint density at radius 1 is 1.46 bits per heavy atom. The van der Waals surface area contributed by atoms with Crippen LogP contribution in [0.15, 0.2) is 0 Å². The Morgan fingerprint density at radius 2 is 2.08 bits per heavy atom. The third kappa shape index (κ3) is 1.50. The number of nitrogens with two attached hydrogens (primary N) is 1. The van der Waals surface area contributed by atoms with Crippen molar-refractivity contribution < 1.29 is 5.11 Å². The van der Waals surface area contributed by atoms with E-state index >= 15 is 0 Å². The van der Waals surface area contributed by atoms with Crippen LogP contribution in [-0.4, -0.2) is 17.3 Å². The average Bonchev–Trinajstić information content (AvgIpc) is 2.68. The molecule has 2 aliphatic rings. The second-order valence-electron chi connectivity index (χ2n) is 5.26. The molecule has 0 aliphatic heterocycles. The monoisotopic (exact) mass is 183 g/mol. The van der Waals surface area contributed by atoms with Crippen molar-refractivity contribution in [1.29, 1.82) is 0 Å². The molecule has 76 valence electrons. The van der Waals surface area contributed by atoms with Crippen LogP contribution in [0.5, 0.6) is 0 Å². The highest BCUT2D eigenvalue weighted by atomic mass is 16.3. The minimum absolute atomic E-state index is 0.0651. The number of hydrogen-bond acceptors (Lipinski definition) is 2. The van der Waals surface area contributed by atoms with E-state index in [0.29, 0.717) is 6.54 Å². The zero-order valence-corrected chi connectivity index (χ0v) is 8.55. The smallest absolute Gasteiger partial charge is 0.0690 e. The molecule has 2 nitrogen and oxygen atoms in total. The zero-order valence-electron chi connectivity index (χ0n) is 8.55. The summed E-state index contributed by atoms with van der Waals surface area (Å²) in [5.41, 5.74) is 5.36.